The molecule has 2 heterocycles. The third-order valence-electron chi connectivity index (χ3n) is 3.81. The minimum Gasteiger partial charge on any atom is -0.481 e. The number of carbonyl (C=O) groups excluding carboxylic acids is 1. The second kappa shape index (κ2) is 5.85. The summed E-state index contributed by atoms with van der Waals surface area (Å²) in [6, 6.07) is 1.79. The molecule has 0 saturated carbocycles. The summed E-state index contributed by atoms with van der Waals surface area (Å²) in [5, 5.41) is 18.3. The van der Waals surface area contributed by atoms with E-state index in [1.807, 2.05) is 13.8 Å². The second-order valence-corrected chi connectivity index (χ2v) is 6.72. The third kappa shape index (κ3) is 3.07. The predicted molar refractivity (Wildman–Crippen MR) is 76.6 cm³/mol. The second-order valence-electron chi connectivity index (χ2n) is 5.26. The van der Waals surface area contributed by atoms with Crippen molar-refractivity contribution in [1.29, 1.82) is 0 Å². The molecule has 2 rings (SSSR count). The van der Waals surface area contributed by atoms with Gasteiger partial charge in [-0.1, -0.05) is 0 Å². The van der Waals surface area contributed by atoms with E-state index in [9.17, 15) is 19.5 Å². The van der Waals surface area contributed by atoms with E-state index in [1.54, 1.807) is 6.07 Å². The van der Waals surface area contributed by atoms with Crippen molar-refractivity contribution >= 4 is 29.2 Å². The maximum atomic E-state index is 12.5. The molecule has 0 bridgehead atoms. The van der Waals surface area contributed by atoms with Gasteiger partial charge < -0.3 is 15.1 Å². The predicted octanol–water partition coefficient (Wildman–Crippen LogP) is 1.61. The first-order valence-electron chi connectivity index (χ1n) is 6.63. The number of thiophene rings is 1. The van der Waals surface area contributed by atoms with Gasteiger partial charge in [0.25, 0.3) is 5.91 Å². The standard InChI is InChI=1S/C14H17NO5S/c1-7-5-10(8(2)21-7)12(16)15-4-3-9(13(17)18)11(6-15)14(19)20/h5,9,11H,3-4,6H2,1-2H3,(H,17,18)(H,19,20). The summed E-state index contributed by atoms with van der Waals surface area (Å²) < 4.78 is 0. The van der Waals surface area contributed by atoms with Gasteiger partial charge in [0.2, 0.25) is 0 Å². The average molecular weight is 311 g/mol. The van der Waals surface area contributed by atoms with Gasteiger partial charge in [-0.15, -0.1) is 11.3 Å². The van der Waals surface area contributed by atoms with Crippen LogP contribution in [0.1, 0.15) is 26.5 Å². The molecule has 6 nitrogen and oxygen atoms in total. The number of piperidine rings is 1. The summed E-state index contributed by atoms with van der Waals surface area (Å²) in [5.41, 5.74) is 0.579. The monoisotopic (exact) mass is 311 g/mol. The highest BCUT2D eigenvalue weighted by Gasteiger charge is 2.40. The maximum absolute atomic E-state index is 12.5. The third-order valence-corrected chi connectivity index (χ3v) is 4.77. The molecule has 0 aliphatic carbocycles. The lowest BCUT2D eigenvalue weighted by atomic mass is 9.85. The molecular weight excluding hydrogens is 294 g/mol. The van der Waals surface area contributed by atoms with Crippen molar-refractivity contribution in [3.8, 4) is 0 Å². The number of nitrogens with zero attached hydrogens (tertiary/aromatic N) is 1. The SMILES string of the molecule is Cc1cc(C(=O)N2CCC(C(=O)O)C(C(=O)O)C2)c(C)s1. The van der Waals surface area contributed by atoms with Crippen LogP contribution in [0.3, 0.4) is 0 Å². The van der Waals surface area contributed by atoms with E-state index in [4.69, 9.17) is 5.11 Å². The highest BCUT2D eigenvalue weighted by atomic mass is 32.1. The lowest BCUT2D eigenvalue weighted by molar-refractivity contribution is -0.156. The molecule has 1 amide bonds. The van der Waals surface area contributed by atoms with Gasteiger partial charge in [0.1, 0.15) is 0 Å². The van der Waals surface area contributed by atoms with E-state index < -0.39 is 23.8 Å². The molecular formula is C14H17NO5S. The number of rotatable bonds is 3. The molecule has 1 aliphatic heterocycles. The Morgan fingerprint density at radius 1 is 1.19 bits per heavy atom. The molecule has 2 atom stereocenters. The first kappa shape index (κ1) is 15.5. The first-order chi connectivity index (χ1) is 9.81. The fourth-order valence-electron chi connectivity index (χ4n) is 2.70. The quantitative estimate of drug-likeness (QED) is 0.884. The van der Waals surface area contributed by atoms with Crippen LogP contribution in [-0.2, 0) is 9.59 Å². The number of likely N-dealkylation sites (tertiary alicyclic amines) is 1. The smallest absolute Gasteiger partial charge is 0.309 e. The molecule has 7 heteroatoms. The molecule has 2 unspecified atom stereocenters. The highest BCUT2D eigenvalue weighted by Crippen LogP contribution is 2.28. The summed E-state index contributed by atoms with van der Waals surface area (Å²) in [4.78, 5) is 38.2. The van der Waals surface area contributed by atoms with Crippen molar-refractivity contribution < 1.29 is 24.6 Å². The molecule has 0 spiro atoms. The number of hydrogen-bond donors (Lipinski definition) is 2. The van der Waals surface area contributed by atoms with E-state index in [1.165, 1.54) is 16.2 Å². The fraction of sp³-hybridized carbons (Fsp3) is 0.500. The van der Waals surface area contributed by atoms with Gasteiger partial charge in [-0.05, 0) is 26.3 Å². The molecule has 1 aromatic rings. The number of carboxylic acid groups (broad SMARTS) is 2. The van der Waals surface area contributed by atoms with Crippen LogP contribution in [0.15, 0.2) is 6.07 Å². The zero-order chi connectivity index (χ0) is 15.7. The number of aryl methyl sites for hydroxylation is 2. The summed E-state index contributed by atoms with van der Waals surface area (Å²) in [6.07, 6.45) is 0.167. The topological polar surface area (TPSA) is 94.9 Å². The molecule has 1 saturated heterocycles. The Kier molecular flexibility index (Phi) is 4.32. The first-order valence-corrected chi connectivity index (χ1v) is 7.44. The zero-order valence-electron chi connectivity index (χ0n) is 11.8. The van der Waals surface area contributed by atoms with Crippen molar-refractivity contribution in [2.45, 2.75) is 20.3 Å². The summed E-state index contributed by atoms with van der Waals surface area (Å²) in [7, 11) is 0. The van der Waals surface area contributed by atoms with Crippen LogP contribution in [0.5, 0.6) is 0 Å². The lowest BCUT2D eigenvalue weighted by Gasteiger charge is -2.34. The molecule has 114 valence electrons. The van der Waals surface area contributed by atoms with Gasteiger partial charge in [0.05, 0.1) is 17.4 Å². The normalized spacial score (nSPS) is 22.1. The van der Waals surface area contributed by atoms with E-state index in [0.29, 0.717) is 5.56 Å². The number of amides is 1. The number of carboxylic acids is 2. The van der Waals surface area contributed by atoms with Crippen molar-refractivity contribution in [3.05, 3.63) is 21.4 Å². The molecule has 1 fully saturated rings. The van der Waals surface area contributed by atoms with Crippen LogP contribution in [0.2, 0.25) is 0 Å². The van der Waals surface area contributed by atoms with Gasteiger partial charge in [0, 0.05) is 22.8 Å². The highest BCUT2D eigenvalue weighted by molar-refractivity contribution is 7.12. The number of carbonyl (C=O) groups is 3. The van der Waals surface area contributed by atoms with Crippen molar-refractivity contribution in [1.82, 2.24) is 4.90 Å². The maximum Gasteiger partial charge on any atom is 0.309 e. The molecule has 2 N–H and O–H groups in total. The Hall–Kier alpha value is -1.89. The van der Waals surface area contributed by atoms with Crippen molar-refractivity contribution in [2.24, 2.45) is 11.8 Å². The van der Waals surface area contributed by atoms with E-state index in [0.717, 1.165) is 9.75 Å². The van der Waals surface area contributed by atoms with Gasteiger partial charge in [-0.25, -0.2) is 0 Å². The van der Waals surface area contributed by atoms with Crippen LogP contribution < -0.4 is 0 Å². The van der Waals surface area contributed by atoms with Gasteiger partial charge >= 0.3 is 11.9 Å². The summed E-state index contributed by atoms with van der Waals surface area (Å²) in [6.45, 7) is 3.97. The Labute approximate surface area is 126 Å². The Morgan fingerprint density at radius 2 is 1.81 bits per heavy atom. The average Bonchev–Trinajstić information content (AvgIpc) is 2.76. The van der Waals surface area contributed by atoms with E-state index >= 15 is 0 Å². The van der Waals surface area contributed by atoms with Crippen LogP contribution >= 0.6 is 11.3 Å². The molecule has 1 aromatic heterocycles. The summed E-state index contributed by atoms with van der Waals surface area (Å²) >= 11 is 1.52. The van der Waals surface area contributed by atoms with Gasteiger partial charge in [-0.3, -0.25) is 14.4 Å². The number of hydrogen-bond acceptors (Lipinski definition) is 4. The van der Waals surface area contributed by atoms with Crippen LogP contribution in [-0.4, -0.2) is 46.0 Å². The van der Waals surface area contributed by atoms with Crippen LogP contribution in [0, 0.1) is 25.7 Å². The fourth-order valence-corrected chi connectivity index (χ4v) is 3.61. The van der Waals surface area contributed by atoms with E-state index in [-0.39, 0.29) is 25.4 Å². The van der Waals surface area contributed by atoms with Crippen LogP contribution in [0.4, 0.5) is 0 Å². The van der Waals surface area contributed by atoms with Gasteiger partial charge in [0.15, 0.2) is 0 Å². The Balaban J connectivity index is 2.19. The molecule has 1 aliphatic rings. The minimum atomic E-state index is -1.17. The molecule has 0 aromatic carbocycles. The molecule has 0 radical (unpaired) electrons. The summed E-state index contributed by atoms with van der Waals surface area (Å²) in [5.74, 6) is -4.49. The van der Waals surface area contributed by atoms with Crippen molar-refractivity contribution in [2.75, 3.05) is 13.1 Å². The molecule has 21 heavy (non-hydrogen) atoms. The lowest BCUT2D eigenvalue weighted by Crippen LogP contribution is -2.48. The van der Waals surface area contributed by atoms with Gasteiger partial charge in [-0.2, -0.15) is 0 Å². The minimum absolute atomic E-state index is 0.0561. The van der Waals surface area contributed by atoms with E-state index in [2.05, 4.69) is 0 Å². The van der Waals surface area contributed by atoms with Crippen molar-refractivity contribution in [3.63, 3.8) is 0 Å². The Morgan fingerprint density at radius 3 is 2.29 bits per heavy atom. The number of aliphatic carboxylic acids is 2. The van der Waals surface area contributed by atoms with Crippen LogP contribution in [0.25, 0.3) is 0 Å². The largest absolute Gasteiger partial charge is 0.481 e. The zero-order valence-corrected chi connectivity index (χ0v) is 12.6. The Bertz CT molecular complexity index is 594.